The van der Waals surface area contributed by atoms with Crippen LogP contribution in [0.25, 0.3) is 6.08 Å². The lowest BCUT2D eigenvalue weighted by Gasteiger charge is -2.10. The van der Waals surface area contributed by atoms with Crippen LogP contribution in [0, 0.1) is 29.1 Å². The molecule has 0 atom stereocenters. The van der Waals surface area contributed by atoms with Crippen molar-refractivity contribution in [3.63, 3.8) is 0 Å². The third-order valence-electron chi connectivity index (χ3n) is 5.28. The van der Waals surface area contributed by atoms with Gasteiger partial charge < -0.3 is 14.2 Å². The predicted octanol–water partition coefficient (Wildman–Crippen LogP) is 6.11. The van der Waals surface area contributed by atoms with Crippen LogP contribution >= 0.6 is 0 Å². The van der Waals surface area contributed by atoms with Gasteiger partial charge >= 0.3 is 5.97 Å². The Morgan fingerprint density at radius 2 is 1.53 bits per heavy atom. The highest BCUT2D eigenvalue weighted by Gasteiger charge is 2.29. The Balaban J connectivity index is 1.44. The molecule has 0 N–H and O–H groups in total. The zero-order valence-electron chi connectivity index (χ0n) is 18.8. The number of halogens is 5. The van der Waals surface area contributed by atoms with Crippen LogP contribution in [0.3, 0.4) is 0 Å². The molecule has 0 saturated heterocycles. The monoisotopic (exact) mass is 504 g/mol. The number of ketones is 1. The van der Waals surface area contributed by atoms with Gasteiger partial charge in [0, 0.05) is 6.07 Å². The van der Waals surface area contributed by atoms with E-state index in [2.05, 4.69) is 18.6 Å². The third-order valence-corrected chi connectivity index (χ3v) is 5.28. The summed E-state index contributed by atoms with van der Waals surface area (Å²) in [7, 11) is 0. The minimum Gasteiger partial charge on any atom is -0.476 e. The van der Waals surface area contributed by atoms with Crippen LogP contribution in [0.1, 0.15) is 41.3 Å². The van der Waals surface area contributed by atoms with Crippen LogP contribution in [0.4, 0.5) is 22.0 Å². The molecule has 4 rings (SSSR count). The molecule has 0 aromatic heterocycles. The van der Waals surface area contributed by atoms with Crippen molar-refractivity contribution in [2.45, 2.75) is 19.8 Å². The molecule has 0 bridgehead atoms. The molecular formula is C26H17F5O5. The Hall–Kier alpha value is -4.21. The summed E-state index contributed by atoms with van der Waals surface area (Å²) in [5.41, 5.74) is 2.10. The topological polar surface area (TPSA) is 61.8 Å². The van der Waals surface area contributed by atoms with Crippen molar-refractivity contribution >= 4 is 17.8 Å². The van der Waals surface area contributed by atoms with Crippen LogP contribution in [0.15, 0.2) is 48.2 Å². The molecule has 10 heteroatoms. The van der Waals surface area contributed by atoms with Crippen LogP contribution in [-0.4, -0.2) is 18.4 Å². The highest BCUT2D eigenvalue weighted by Crippen LogP contribution is 2.35. The molecule has 186 valence electrons. The average Bonchev–Trinajstić information content (AvgIpc) is 3.16. The molecule has 0 unspecified atom stereocenters. The Labute approximate surface area is 201 Å². The first-order valence-corrected chi connectivity index (χ1v) is 10.6. The fourth-order valence-corrected chi connectivity index (χ4v) is 3.36. The molecule has 1 heterocycles. The second-order valence-corrected chi connectivity index (χ2v) is 8.08. The highest BCUT2D eigenvalue weighted by molar-refractivity contribution is 6.14. The summed E-state index contributed by atoms with van der Waals surface area (Å²) < 4.78 is 82.0. The van der Waals surface area contributed by atoms with E-state index < -0.39 is 47.4 Å². The van der Waals surface area contributed by atoms with Crippen LogP contribution in [0.2, 0.25) is 0 Å². The number of allylic oxidation sites excluding steroid dienone is 1. The second-order valence-electron chi connectivity index (χ2n) is 8.08. The number of rotatable bonds is 6. The largest absolute Gasteiger partial charge is 0.476 e. The van der Waals surface area contributed by atoms with E-state index in [1.165, 1.54) is 18.2 Å². The van der Waals surface area contributed by atoms with Gasteiger partial charge in [0.1, 0.15) is 11.5 Å². The van der Waals surface area contributed by atoms with Gasteiger partial charge in [-0.1, -0.05) is 38.1 Å². The van der Waals surface area contributed by atoms with Crippen LogP contribution in [0.5, 0.6) is 17.2 Å². The van der Waals surface area contributed by atoms with Crippen molar-refractivity contribution in [3.8, 4) is 17.2 Å². The molecular weight excluding hydrogens is 487 g/mol. The SMILES string of the molecule is CC(C)c1ccc(/C=C2\Oc3cc(OC(=O)COc4c(F)c(F)c(F)c(F)c4F)ccc3C2=O)cc1. The van der Waals surface area contributed by atoms with Crippen molar-refractivity contribution in [2.75, 3.05) is 6.61 Å². The number of carbonyl (C=O) groups excluding carboxylic acids is 2. The second kappa shape index (κ2) is 9.80. The smallest absolute Gasteiger partial charge is 0.349 e. The number of hydrogen-bond donors (Lipinski definition) is 0. The van der Waals surface area contributed by atoms with E-state index in [9.17, 15) is 31.5 Å². The Bertz CT molecular complexity index is 1370. The van der Waals surface area contributed by atoms with E-state index in [4.69, 9.17) is 9.47 Å². The van der Waals surface area contributed by atoms with Crippen LogP contribution < -0.4 is 14.2 Å². The lowest BCUT2D eigenvalue weighted by Crippen LogP contribution is -2.19. The zero-order valence-corrected chi connectivity index (χ0v) is 18.8. The molecule has 1 aliphatic heterocycles. The van der Waals surface area contributed by atoms with E-state index in [0.29, 0.717) is 5.92 Å². The van der Waals surface area contributed by atoms with Gasteiger partial charge in [0.25, 0.3) is 0 Å². The molecule has 3 aromatic carbocycles. The first kappa shape index (κ1) is 24.9. The summed E-state index contributed by atoms with van der Waals surface area (Å²) >= 11 is 0. The molecule has 36 heavy (non-hydrogen) atoms. The molecule has 0 saturated carbocycles. The van der Waals surface area contributed by atoms with Gasteiger partial charge in [-0.05, 0) is 35.3 Å². The molecule has 0 amide bonds. The summed E-state index contributed by atoms with van der Waals surface area (Å²) in [6.45, 7) is 2.96. The summed E-state index contributed by atoms with van der Waals surface area (Å²) in [4.78, 5) is 24.6. The van der Waals surface area contributed by atoms with E-state index in [-0.39, 0.29) is 28.6 Å². The Morgan fingerprint density at radius 3 is 2.14 bits per heavy atom. The van der Waals surface area contributed by atoms with Gasteiger partial charge in [0.15, 0.2) is 18.1 Å². The summed E-state index contributed by atoms with van der Waals surface area (Å²) in [6, 6.07) is 11.4. The van der Waals surface area contributed by atoms with Gasteiger partial charge in [0.2, 0.25) is 34.9 Å². The van der Waals surface area contributed by atoms with Gasteiger partial charge in [-0.3, -0.25) is 4.79 Å². The summed E-state index contributed by atoms with van der Waals surface area (Å²) in [5, 5.41) is 0. The van der Waals surface area contributed by atoms with Gasteiger partial charge in [-0.15, -0.1) is 0 Å². The van der Waals surface area contributed by atoms with Gasteiger partial charge in [-0.25, -0.2) is 18.0 Å². The number of ether oxygens (including phenoxy) is 3. The summed E-state index contributed by atoms with van der Waals surface area (Å²) in [6.07, 6.45) is 1.57. The number of Topliss-reactive ketones (excluding diaryl/α,β-unsaturated/α-hetero) is 1. The average molecular weight is 504 g/mol. The fourth-order valence-electron chi connectivity index (χ4n) is 3.36. The molecule has 0 aliphatic carbocycles. The number of benzene rings is 3. The lowest BCUT2D eigenvalue weighted by molar-refractivity contribution is -0.136. The lowest BCUT2D eigenvalue weighted by atomic mass is 10.0. The standard InChI is InChI=1S/C26H17F5O5/c1-12(2)14-5-3-13(4-6-14)9-18-25(33)16-8-7-15(10-17(16)36-18)35-19(32)11-34-26-23(30)21(28)20(27)22(29)24(26)31/h3-10,12H,11H2,1-2H3/b18-9-. The van der Waals surface area contributed by atoms with Crippen molar-refractivity contribution in [1.29, 1.82) is 0 Å². The molecule has 3 aromatic rings. The van der Waals surface area contributed by atoms with E-state index in [0.717, 1.165) is 11.1 Å². The van der Waals surface area contributed by atoms with E-state index in [1.807, 2.05) is 24.3 Å². The van der Waals surface area contributed by atoms with E-state index in [1.54, 1.807) is 6.08 Å². The zero-order chi connectivity index (χ0) is 26.1. The van der Waals surface area contributed by atoms with Gasteiger partial charge in [0.05, 0.1) is 5.56 Å². The highest BCUT2D eigenvalue weighted by atomic mass is 19.2. The van der Waals surface area contributed by atoms with Crippen molar-refractivity contribution in [3.05, 3.63) is 94.0 Å². The molecule has 1 aliphatic rings. The van der Waals surface area contributed by atoms with E-state index >= 15 is 0 Å². The maximum Gasteiger partial charge on any atom is 0.349 e. The molecule has 5 nitrogen and oxygen atoms in total. The number of carbonyl (C=O) groups is 2. The minimum atomic E-state index is -2.35. The predicted molar refractivity (Wildman–Crippen MR) is 117 cm³/mol. The van der Waals surface area contributed by atoms with Crippen molar-refractivity contribution < 1.29 is 45.8 Å². The fraction of sp³-hybridized carbons (Fsp3) is 0.154. The quantitative estimate of drug-likeness (QED) is 0.101. The van der Waals surface area contributed by atoms with Crippen molar-refractivity contribution in [1.82, 2.24) is 0 Å². The normalized spacial score (nSPS) is 13.7. The van der Waals surface area contributed by atoms with Gasteiger partial charge in [-0.2, -0.15) is 8.78 Å². The molecule has 0 spiro atoms. The van der Waals surface area contributed by atoms with Crippen molar-refractivity contribution in [2.24, 2.45) is 0 Å². The number of fused-ring (bicyclic) bond motifs is 1. The molecule has 0 radical (unpaired) electrons. The first-order valence-electron chi connectivity index (χ1n) is 10.6. The maximum atomic E-state index is 13.7. The maximum absolute atomic E-state index is 13.7. The minimum absolute atomic E-state index is 0.0559. The first-order chi connectivity index (χ1) is 17.1. The number of esters is 1. The molecule has 0 fully saturated rings. The summed E-state index contributed by atoms with van der Waals surface area (Å²) in [5.74, 6) is -14.0. The van der Waals surface area contributed by atoms with Crippen LogP contribution in [-0.2, 0) is 4.79 Å². The Morgan fingerprint density at radius 1 is 0.917 bits per heavy atom. The Kier molecular flexibility index (Phi) is 6.78. The third kappa shape index (κ3) is 4.79. The number of hydrogen-bond acceptors (Lipinski definition) is 5.